The van der Waals surface area contributed by atoms with E-state index in [0.29, 0.717) is 5.76 Å². The molecule has 0 bridgehead atoms. The standard InChI is InChI=1S/C20H24BN3O5S/c1-19(2)20(3,4)29-21(28-19)15-12-22-24(14-15)16-7-9-18(10-8-16)30(25,26)23-13-17-6-5-11-27-17/h5-12,14,23H,13H2,1-4H3. The Balaban J connectivity index is 1.47. The molecule has 1 N–H and O–H groups in total. The van der Waals surface area contributed by atoms with Gasteiger partial charge in [-0.3, -0.25) is 0 Å². The summed E-state index contributed by atoms with van der Waals surface area (Å²) >= 11 is 0. The van der Waals surface area contributed by atoms with Crippen molar-refractivity contribution in [3.8, 4) is 5.69 Å². The van der Waals surface area contributed by atoms with Crippen LogP contribution in [0.2, 0.25) is 0 Å². The number of hydrogen-bond acceptors (Lipinski definition) is 6. The van der Waals surface area contributed by atoms with Crippen molar-refractivity contribution in [2.45, 2.75) is 50.3 Å². The van der Waals surface area contributed by atoms with Crippen LogP contribution in [-0.2, 0) is 25.9 Å². The minimum absolute atomic E-state index is 0.0910. The van der Waals surface area contributed by atoms with Crippen LogP contribution >= 0.6 is 0 Å². The van der Waals surface area contributed by atoms with Crippen molar-refractivity contribution in [1.29, 1.82) is 0 Å². The molecule has 0 unspecified atom stereocenters. The summed E-state index contributed by atoms with van der Waals surface area (Å²) in [5, 5.41) is 4.37. The first-order valence-corrected chi connectivity index (χ1v) is 11.1. The fraction of sp³-hybridized carbons (Fsp3) is 0.350. The van der Waals surface area contributed by atoms with E-state index >= 15 is 0 Å². The molecule has 4 rings (SSSR count). The summed E-state index contributed by atoms with van der Waals surface area (Å²) in [7, 11) is -4.15. The van der Waals surface area contributed by atoms with Crippen molar-refractivity contribution >= 4 is 22.6 Å². The van der Waals surface area contributed by atoms with Crippen LogP contribution in [0.4, 0.5) is 0 Å². The highest BCUT2D eigenvalue weighted by atomic mass is 32.2. The fourth-order valence-corrected chi connectivity index (χ4v) is 4.01. The lowest BCUT2D eigenvalue weighted by Crippen LogP contribution is -2.41. The lowest BCUT2D eigenvalue weighted by Gasteiger charge is -2.32. The molecule has 3 heterocycles. The molecular formula is C20H24BN3O5S. The van der Waals surface area contributed by atoms with E-state index in [1.54, 1.807) is 35.1 Å². The molecule has 1 saturated heterocycles. The molecule has 1 aliphatic rings. The predicted octanol–water partition coefficient (Wildman–Crippen LogP) is 2.24. The van der Waals surface area contributed by atoms with Gasteiger partial charge in [-0.05, 0) is 64.1 Å². The Morgan fingerprint density at radius 1 is 1.07 bits per heavy atom. The molecule has 1 aromatic carbocycles. The average molecular weight is 429 g/mol. The van der Waals surface area contributed by atoms with E-state index in [9.17, 15) is 8.42 Å². The number of rotatable bonds is 6. The number of nitrogens with one attached hydrogen (secondary N) is 1. The SMILES string of the molecule is CC1(C)OB(c2cnn(-c3ccc(S(=O)(=O)NCc4ccco4)cc3)c2)OC1(C)C. The normalized spacial score (nSPS) is 18.1. The first kappa shape index (κ1) is 20.9. The Hall–Kier alpha value is -2.40. The van der Waals surface area contributed by atoms with Crippen molar-refractivity contribution in [1.82, 2.24) is 14.5 Å². The lowest BCUT2D eigenvalue weighted by molar-refractivity contribution is 0.00578. The molecule has 0 radical (unpaired) electrons. The lowest BCUT2D eigenvalue weighted by atomic mass is 9.82. The predicted molar refractivity (Wildman–Crippen MR) is 112 cm³/mol. The smallest absolute Gasteiger partial charge is 0.468 e. The number of aromatic nitrogens is 2. The maximum Gasteiger partial charge on any atom is 0.498 e. The van der Waals surface area contributed by atoms with Gasteiger partial charge in [0.15, 0.2) is 0 Å². The van der Waals surface area contributed by atoms with Crippen LogP contribution in [0.3, 0.4) is 0 Å². The van der Waals surface area contributed by atoms with Gasteiger partial charge < -0.3 is 13.7 Å². The number of furan rings is 1. The van der Waals surface area contributed by atoms with Crippen molar-refractivity contribution in [3.05, 3.63) is 60.8 Å². The number of nitrogens with zero attached hydrogens (tertiary/aromatic N) is 2. The summed E-state index contributed by atoms with van der Waals surface area (Å²) in [6.45, 7) is 8.08. The summed E-state index contributed by atoms with van der Waals surface area (Å²) in [6, 6.07) is 9.89. The molecule has 0 saturated carbocycles. The third-order valence-electron chi connectivity index (χ3n) is 5.56. The van der Waals surface area contributed by atoms with Crippen LogP contribution in [0.5, 0.6) is 0 Å². The van der Waals surface area contributed by atoms with Crippen LogP contribution in [0.1, 0.15) is 33.5 Å². The fourth-order valence-electron chi connectivity index (χ4n) is 3.02. The molecule has 0 amide bonds. The van der Waals surface area contributed by atoms with E-state index in [1.807, 2.05) is 33.9 Å². The quantitative estimate of drug-likeness (QED) is 0.604. The van der Waals surface area contributed by atoms with Crippen molar-refractivity contribution in [3.63, 3.8) is 0 Å². The second-order valence-corrected chi connectivity index (χ2v) is 9.97. The number of benzene rings is 1. The van der Waals surface area contributed by atoms with Crippen molar-refractivity contribution in [2.75, 3.05) is 0 Å². The van der Waals surface area contributed by atoms with Crippen LogP contribution in [-0.4, -0.2) is 36.5 Å². The largest absolute Gasteiger partial charge is 0.498 e. The van der Waals surface area contributed by atoms with Gasteiger partial charge >= 0.3 is 7.12 Å². The average Bonchev–Trinajstić information content (AvgIpc) is 3.41. The zero-order valence-corrected chi connectivity index (χ0v) is 18.1. The van der Waals surface area contributed by atoms with Gasteiger partial charge in [0.1, 0.15) is 5.76 Å². The molecule has 8 nitrogen and oxygen atoms in total. The van der Waals surface area contributed by atoms with Gasteiger partial charge in [0.2, 0.25) is 10.0 Å². The third-order valence-corrected chi connectivity index (χ3v) is 6.97. The summed E-state index contributed by atoms with van der Waals surface area (Å²) in [6.07, 6.45) is 5.01. The van der Waals surface area contributed by atoms with Gasteiger partial charge in [-0.1, -0.05) is 0 Å². The highest BCUT2D eigenvalue weighted by Crippen LogP contribution is 2.36. The van der Waals surface area contributed by atoms with E-state index in [4.69, 9.17) is 13.7 Å². The van der Waals surface area contributed by atoms with Gasteiger partial charge in [0.25, 0.3) is 0 Å². The van der Waals surface area contributed by atoms with Gasteiger partial charge in [-0.2, -0.15) is 5.10 Å². The molecule has 0 atom stereocenters. The minimum Gasteiger partial charge on any atom is -0.468 e. The van der Waals surface area contributed by atoms with Crippen LogP contribution in [0.25, 0.3) is 5.69 Å². The van der Waals surface area contributed by atoms with Crippen LogP contribution < -0.4 is 10.2 Å². The maximum atomic E-state index is 12.5. The Morgan fingerprint density at radius 2 is 1.73 bits per heavy atom. The Labute approximate surface area is 176 Å². The summed E-state index contributed by atoms with van der Waals surface area (Å²) < 4.78 is 46.4. The first-order chi connectivity index (χ1) is 14.1. The summed E-state index contributed by atoms with van der Waals surface area (Å²) in [4.78, 5) is 0.163. The molecule has 2 aromatic heterocycles. The molecule has 1 fully saturated rings. The van der Waals surface area contributed by atoms with Crippen molar-refractivity contribution < 1.29 is 22.1 Å². The monoisotopic (exact) mass is 429 g/mol. The molecule has 10 heteroatoms. The Bertz CT molecular complexity index is 1110. The van der Waals surface area contributed by atoms with E-state index in [1.165, 1.54) is 18.4 Å². The van der Waals surface area contributed by atoms with E-state index in [0.717, 1.165) is 11.2 Å². The maximum absolute atomic E-state index is 12.5. The van der Waals surface area contributed by atoms with E-state index in [-0.39, 0.29) is 11.4 Å². The molecule has 0 aliphatic carbocycles. The summed E-state index contributed by atoms with van der Waals surface area (Å²) in [5.41, 5.74) is 0.657. The van der Waals surface area contributed by atoms with Gasteiger partial charge in [-0.25, -0.2) is 17.8 Å². The summed E-state index contributed by atoms with van der Waals surface area (Å²) in [5.74, 6) is 0.543. The van der Waals surface area contributed by atoms with Gasteiger partial charge in [0.05, 0.1) is 34.6 Å². The number of hydrogen-bond donors (Lipinski definition) is 1. The molecule has 158 valence electrons. The molecule has 3 aromatic rings. The van der Waals surface area contributed by atoms with Crippen molar-refractivity contribution in [2.24, 2.45) is 0 Å². The van der Waals surface area contributed by atoms with Crippen LogP contribution in [0.15, 0.2) is 64.4 Å². The van der Waals surface area contributed by atoms with Crippen LogP contribution in [0, 0.1) is 0 Å². The molecular weight excluding hydrogens is 405 g/mol. The second-order valence-electron chi connectivity index (χ2n) is 8.20. The highest BCUT2D eigenvalue weighted by molar-refractivity contribution is 7.89. The Kier molecular flexibility index (Phi) is 5.13. The molecule has 30 heavy (non-hydrogen) atoms. The number of sulfonamides is 1. The molecule has 1 aliphatic heterocycles. The zero-order chi connectivity index (χ0) is 21.6. The van der Waals surface area contributed by atoms with E-state index < -0.39 is 28.3 Å². The Morgan fingerprint density at radius 3 is 2.33 bits per heavy atom. The van der Waals surface area contributed by atoms with Gasteiger partial charge in [0, 0.05) is 17.9 Å². The highest BCUT2D eigenvalue weighted by Gasteiger charge is 2.52. The second kappa shape index (κ2) is 7.38. The zero-order valence-electron chi connectivity index (χ0n) is 17.3. The minimum atomic E-state index is -3.65. The third kappa shape index (κ3) is 3.96. The van der Waals surface area contributed by atoms with Gasteiger partial charge in [-0.15, -0.1) is 0 Å². The van der Waals surface area contributed by atoms with E-state index in [2.05, 4.69) is 9.82 Å². The molecule has 0 spiro atoms. The first-order valence-electron chi connectivity index (χ1n) is 9.60. The topological polar surface area (TPSA) is 95.6 Å².